The van der Waals surface area contributed by atoms with Crippen molar-refractivity contribution in [3.05, 3.63) is 0 Å². The van der Waals surface area contributed by atoms with Gasteiger partial charge in [-0.2, -0.15) is 8.78 Å². The van der Waals surface area contributed by atoms with Gasteiger partial charge in [0.2, 0.25) is 0 Å². The predicted molar refractivity (Wildman–Crippen MR) is 35.1 cm³/mol. The molecule has 0 rings (SSSR count). The highest BCUT2D eigenvalue weighted by Crippen LogP contribution is 2.19. The van der Waals surface area contributed by atoms with Gasteiger partial charge in [-0.15, -0.1) is 0 Å². The van der Waals surface area contributed by atoms with Crippen molar-refractivity contribution in [3.63, 3.8) is 0 Å². The monoisotopic (exact) mass is 150 g/mol. The lowest BCUT2D eigenvalue weighted by Gasteiger charge is -2.09. The Labute approximate surface area is 59.4 Å². The largest absolute Gasteiger partial charge is 0.302 e. The van der Waals surface area contributed by atoms with E-state index in [2.05, 4.69) is 0 Å². The van der Waals surface area contributed by atoms with Gasteiger partial charge in [0, 0.05) is 6.42 Å². The number of hydrogen-bond acceptors (Lipinski definition) is 1. The molecule has 0 aliphatic carbocycles. The maximum absolute atomic E-state index is 12.1. The van der Waals surface area contributed by atoms with Crippen LogP contribution in [0.1, 0.15) is 26.7 Å². The molecule has 0 aromatic carbocycles. The van der Waals surface area contributed by atoms with Crippen molar-refractivity contribution in [1.29, 1.82) is 0 Å². The van der Waals surface area contributed by atoms with Gasteiger partial charge >= 0.3 is 5.92 Å². The minimum absolute atomic E-state index is 0.228. The lowest BCUT2D eigenvalue weighted by Crippen LogP contribution is -2.18. The molecule has 0 aliphatic rings. The van der Waals surface area contributed by atoms with Crippen molar-refractivity contribution in [2.45, 2.75) is 32.6 Å². The summed E-state index contributed by atoms with van der Waals surface area (Å²) in [6.07, 6.45) is -0.213. The van der Waals surface area contributed by atoms with E-state index in [0.29, 0.717) is 6.42 Å². The Morgan fingerprint density at radius 2 is 2.00 bits per heavy atom. The zero-order chi connectivity index (χ0) is 8.20. The van der Waals surface area contributed by atoms with Crippen molar-refractivity contribution in [2.24, 2.45) is 5.92 Å². The second-order valence-corrected chi connectivity index (χ2v) is 2.81. The van der Waals surface area contributed by atoms with E-state index in [1.165, 1.54) is 0 Å². The van der Waals surface area contributed by atoms with E-state index in [1.54, 1.807) is 0 Å². The maximum Gasteiger partial charge on any atom is 0.302 e. The molecule has 0 spiro atoms. The van der Waals surface area contributed by atoms with E-state index in [0.717, 1.165) is 0 Å². The van der Waals surface area contributed by atoms with Crippen LogP contribution in [-0.4, -0.2) is 12.2 Å². The van der Waals surface area contributed by atoms with E-state index >= 15 is 0 Å². The van der Waals surface area contributed by atoms with E-state index < -0.39 is 5.92 Å². The molecule has 0 aromatic rings. The van der Waals surface area contributed by atoms with E-state index in [4.69, 9.17) is 0 Å². The van der Waals surface area contributed by atoms with Crippen molar-refractivity contribution >= 4 is 6.29 Å². The molecule has 0 amide bonds. The zero-order valence-electron chi connectivity index (χ0n) is 6.23. The molecular formula is C7H12F2O. The van der Waals surface area contributed by atoms with Gasteiger partial charge < -0.3 is 0 Å². The van der Waals surface area contributed by atoms with Crippen LogP contribution in [0.3, 0.4) is 0 Å². The average Bonchev–Trinajstić information content (AvgIpc) is 1.85. The van der Waals surface area contributed by atoms with Crippen LogP contribution in [0, 0.1) is 5.92 Å². The Hall–Kier alpha value is -0.470. The van der Waals surface area contributed by atoms with Gasteiger partial charge in [-0.1, -0.05) is 13.8 Å². The minimum Gasteiger partial charge on any atom is -0.297 e. The van der Waals surface area contributed by atoms with E-state index in [-0.39, 0.29) is 18.6 Å². The van der Waals surface area contributed by atoms with Gasteiger partial charge in [0.15, 0.2) is 6.29 Å². The van der Waals surface area contributed by atoms with Crippen LogP contribution in [0.5, 0.6) is 0 Å². The molecule has 10 heavy (non-hydrogen) atoms. The van der Waals surface area contributed by atoms with Crippen LogP contribution < -0.4 is 0 Å². The summed E-state index contributed by atoms with van der Waals surface area (Å²) in [6.45, 7) is 3.70. The molecule has 0 saturated heterocycles. The number of alkyl halides is 2. The first-order valence-corrected chi connectivity index (χ1v) is 3.32. The fraction of sp³-hybridized carbons (Fsp3) is 0.857. The normalized spacial score (nSPS) is 12.1. The highest BCUT2D eigenvalue weighted by atomic mass is 19.3. The van der Waals surface area contributed by atoms with Crippen molar-refractivity contribution in [1.82, 2.24) is 0 Å². The summed E-state index contributed by atoms with van der Waals surface area (Å²) in [5.74, 6) is -2.88. The second-order valence-electron chi connectivity index (χ2n) is 2.81. The van der Waals surface area contributed by atoms with Crippen LogP contribution in [-0.2, 0) is 4.79 Å². The molecule has 3 heteroatoms. The van der Waals surface area contributed by atoms with Crippen LogP contribution in [0.2, 0.25) is 0 Å². The van der Waals surface area contributed by atoms with E-state index in [9.17, 15) is 13.6 Å². The molecule has 0 bridgehead atoms. The van der Waals surface area contributed by atoms with Crippen LogP contribution >= 0.6 is 0 Å². The quantitative estimate of drug-likeness (QED) is 0.562. The second kappa shape index (κ2) is 3.64. The molecule has 0 saturated carbocycles. The molecule has 0 atom stereocenters. The van der Waals surface area contributed by atoms with Crippen LogP contribution in [0.25, 0.3) is 0 Å². The molecule has 0 unspecified atom stereocenters. The Balaban J connectivity index is 3.56. The highest BCUT2D eigenvalue weighted by Gasteiger charge is 2.27. The molecule has 0 aromatic heterocycles. The molecule has 0 heterocycles. The number of carbonyl (C=O) groups excluding carboxylic acids is 1. The third-order valence-corrected chi connectivity index (χ3v) is 1.23. The van der Waals surface area contributed by atoms with Crippen molar-refractivity contribution in [2.75, 3.05) is 0 Å². The summed E-state index contributed by atoms with van der Waals surface area (Å²) in [4.78, 5) is 9.69. The summed E-state index contributed by atoms with van der Waals surface area (Å²) < 4.78 is 24.3. The first-order chi connectivity index (χ1) is 4.48. The third kappa shape index (κ3) is 4.41. The molecule has 60 valence electrons. The number of hydrogen-bond donors (Lipinski definition) is 0. The van der Waals surface area contributed by atoms with Crippen LogP contribution in [0.4, 0.5) is 8.78 Å². The Morgan fingerprint density at radius 1 is 1.50 bits per heavy atom. The number of rotatable bonds is 4. The average molecular weight is 150 g/mol. The highest BCUT2D eigenvalue weighted by molar-refractivity contribution is 5.59. The Kier molecular flexibility index (Phi) is 3.47. The Bertz CT molecular complexity index is 110. The zero-order valence-corrected chi connectivity index (χ0v) is 6.23. The fourth-order valence-corrected chi connectivity index (χ4v) is 0.540. The predicted octanol–water partition coefficient (Wildman–Crippen LogP) is 2.26. The standard InChI is InChI=1S/C7H12F2O/c1-6(2)3-4-7(8,9)5-10/h5-6H,3-4H2,1-2H3. The first kappa shape index (κ1) is 9.53. The van der Waals surface area contributed by atoms with E-state index in [1.807, 2.05) is 13.8 Å². The first-order valence-electron chi connectivity index (χ1n) is 3.32. The van der Waals surface area contributed by atoms with Gasteiger partial charge in [-0.05, 0) is 12.3 Å². The summed E-state index contributed by atoms with van der Waals surface area (Å²) in [6, 6.07) is 0. The van der Waals surface area contributed by atoms with Crippen molar-refractivity contribution in [3.8, 4) is 0 Å². The molecular weight excluding hydrogens is 138 g/mol. The number of halogens is 2. The smallest absolute Gasteiger partial charge is 0.297 e. The Morgan fingerprint density at radius 3 is 2.30 bits per heavy atom. The molecule has 1 nitrogen and oxygen atoms in total. The summed E-state index contributed by atoms with van der Waals surface area (Å²) >= 11 is 0. The van der Waals surface area contributed by atoms with Crippen molar-refractivity contribution < 1.29 is 13.6 Å². The van der Waals surface area contributed by atoms with Gasteiger partial charge in [0.25, 0.3) is 0 Å². The van der Waals surface area contributed by atoms with Crippen LogP contribution in [0.15, 0.2) is 0 Å². The molecule has 0 N–H and O–H groups in total. The SMILES string of the molecule is CC(C)CCC(F)(F)C=O. The van der Waals surface area contributed by atoms with Gasteiger partial charge in [0.05, 0.1) is 0 Å². The summed E-state index contributed by atoms with van der Waals surface area (Å²) in [5, 5.41) is 0. The molecule has 0 fully saturated rings. The third-order valence-electron chi connectivity index (χ3n) is 1.23. The molecule has 0 radical (unpaired) electrons. The summed E-state index contributed by atoms with van der Waals surface area (Å²) in [5.41, 5.74) is 0. The topological polar surface area (TPSA) is 17.1 Å². The maximum atomic E-state index is 12.1. The number of aldehydes is 1. The van der Waals surface area contributed by atoms with Gasteiger partial charge in [-0.3, -0.25) is 4.79 Å². The lowest BCUT2D eigenvalue weighted by atomic mass is 10.1. The fourth-order valence-electron chi connectivity index (χ4n) is 0.540. The minimum atomic E-state index is -3.11. The number of carbonyl (C=O) groups is 1. The molecule has 0 aliphatic heterocycles. The van der Waals surface area contributed by atoms with Gasteiger partial charge in [-0.25, -0.2) is 0 Å². The summed E-state index contributed by atoms with van der Waals surface area (Å²) in [7, 11) is 0. The lowest BCUT2D eigenvalue weighted by molar-refractivity contribution is -0.130. The van der Waals surface area contributed by atoms with Gasteiger partial charge in [0.1, 0.15) is 0 Å².